The summed E-state index contributed by atoms with van der Waals surface area (Å²) in [7, 11) is 3.88. The zero-order valence-electron chi connectivity index (χ0n) is 18.7. The van der Waals surface area contributed by atoms with Gasteiger partial charge in [0.05, 0.1) is 19.4 Å². The number of aromatic nitrogens is 2. The molecular formula is C24H35N5O2. The Morgan fingerprint density at radius 3 is 2.58 bits per heavy atom. The van der Waals surface area contributed by atoms with Crippen LogP contribution in [0.2, 0.25) is 0 Å². The summed E-state index contributed by atoms with van der Waals surface area (Å²) in [5.41, 5.74) is 2.19. The first-order chi connectivity index (χ1) is 15.1. The number of aliphatic hydroxyl groups is 1. The molecule has 0 amide bonds. The number of rotatable bonds is 5. The van der Waals surface area contributed by atoms with Crippen LogP contribution in [0.15, 0.2) is 36.7 Å². The van der Waals surface area contributed by atoms with Crippen LogP contribution in [0.5, 0.6) is 5.75 Å². The van der Waals surface area contributed by atoms with Crippen molar-refractivity contribution in [2.24, 2.45) is 11.8 Å². The predicted molar refractivity (Wildman–Crippen MR) is 120 cm³/mol. The van der Waals surface area contributed by atoms with Gasteiger partial charge in [-0.1, -0.05) is 12.1 Å². The largest absolute Gasteiger partial charge is 0.494 e. The molecule has 4 atom stereocenters. The molecule has 0 radical (unpaired) electrons. The van der Waals surface area contributed by atoms with Gasteiger partial charge in [-0.05, 0) is 43.9 Å². The minimum atomic E-state index is -0.182. The normalized spacial score (nSPS) is 30.4. The molecule has 5 rings (SSSR count). The Bertz CT molecular complexity index is 878. The molecule has 31 heavy (non-hydrogen) atoms. The number of benzene rings is 1. The molecule has 0 spiro atoms. The minimum absolute atomic E-state index is 0.182. The molecular weight excluding hydrogens is 390 g/mol. The maximum absolute atomic E-state index is 10.9. The van der Waals surface area contributed by atoms with Crippen LogP contribution in [0.1, 0.15) is 18.4 Å². The Morgan fingerprint density at radius 1 is 1.06 bits per heavy atom. The molecule has 1 saturated carbocycles. The van der Waals surface area contributed by atoms with Crippen molar-refractivity contribution in [1.29, 1.82) is 0 Å². The lowest BCUT2D eigenvalue weighted by molar-refractivity contribution is -0.0249. The van der Waals surface area contributed by atoms with E-state index >= 15 is 0 Å². The lowest BCUT2D eigenvalue weighted by Crippen LogP contribution is -2.55. The minimum Gasteiger partial charge on any atom is -0.494 e. The maximum Gasteiger partial charge on any atom is 0.144 e. The third-order valence-corrected chi connectivity index (χ3v) is 7.57. The summed E-state index contributed by atoms with van der Waals surface area (Å²) in [6.45, 7) is 7.51. The van der Waals surface area contributed by atoms with E-state index in [1.54, 1.807) is 7.11 Å². The zero-order chi connectivity index (χ0) is 21.4. The smallest absolute Gasteiger partial charge is 0.144 e. The number of hydrogen-bond acceptors (Lipinski definition) is 6. The standard InChI is InChI=1S/C24H35N5O2/c1-26-7-9-28(10-8-26)22-11-19-16-27(17-20(19)12-23(22)30)14-18-13-25-29(15-18)21-5-3-4-6-24(21)31-2/h3-6,13,15,19-20,22-23,30H,7-12,14,16-17H2,1-2H3/t19-,20+,22-,23-/m1/s1. The van der Waals surface area contributed by atoms with E-state index in [1.807, 2.05) is 35.1 Å². The van der Waals surface area contributed by atoms with Gasteiger partial charge in [0.15, 0.2) is 0 Å². The Labute approximate surface area is 185 Å². The number of fused-ring (bicyclic) bond motifs is 1. The van der Waals surface area contributed by atoms with Gasteiger partial charge in [-0.25, -0.2) is 4.68 Å². The first kappa shape index (κ1) is 20.9. The van der Waals surface area contributed by atoms with Gasteiger partial charge in [-0.3, -0.25) is 9.80 Å². The van der Waals surface area contributed by atoms with Crippen LogP contribution in [0.3, 0.4) is 0 Å². The lowest BCUT2D eigenvalue weighted by Gasteiger charge is -2.44. The third kappa shape index (κ3) is 4.37. The Hall–Kier alpha value is -1.93. The highest BCUT2D eigenvalue weighted by atomic mass is 16.5. The first-order valence-corrected chi connectivity index (χ1v) is 11.6. The van der Waals surface area contributed by atoms with E-state index in [9.17, 15) is 5.11 Å². The van der Waals surface area contributed by atoms with Gasteiger partial charge in [0.1, 0.15) is 11.4 Å². The van der Waals surface area contributed by atoms with E-state index in [2.05, 4.69) is 33.0 Å². The number of para-hydroxylation sites is 2. The second-order valence-corrected chi connectivity index (χ2v) is 9.62. The fourth-order valence-electron chi connectivity index (χ4n) is 5.83. The quantitative estimate of drug-likeness (QED) is 0.787. The Morgan fingerprint density at radius 2 is 1.81 bits per heavy atom. The summed E-state index contributed by atoms with van der Waals surface area (Å²) in [5.74, 6) is 2.13. The van der Waals surface area contributed by atoms with E-state index in [1.165, 1.54) is 5.56 Å². The van der Waals surface area contributed by atoms with Gasteiger partial charge in [0.25, 0.3) is 0 Å². The fraction of sp³-hybridized carbons (Fsp3) is 0.625. The van der Waals surface area contributed by atoms with Crippen LogP contribution in [0, 0.1) is 11.8 Å². The van der Waals surface area contributed by atoms with Crippen molar-refractivity contribution in [1.82, 2.24) is 24.5 Å². The summed E-state index contributed by atoms with van der Waals surface area (Å²) < 4.78 is 7.39. The number of piperazine rings is 1. The van der Waals surface area contributed by atoms with Crippen LogP contribution in [-0.2, 0) is 6.54 Å². The molecule has 0 unspecified atom stereocenters. The van der Waals surface area contributed by atoms with Gasteiger partial charge in [-0.15, -0.1) is 0 Å². The van der Waals surface area contributed by atoms with Gasteiger partial charge in [-0.2, -0.15) is 5.10 Å². The van der Waals surface area contributed by atoms with Crippen molar-refractivity contribution in [3.8, 4) is 11.4 Å². The summed E-state index contributed by atoms with van der Waals surface area (Å²) in [6.07, 6.45) is 5.97. The van der Waals surface area contributed by atoms with Crippen LogP contribution >= 0.6 is 0 Å². The molecule has 7 heteroatoms. The zero-order valence-corrected chi connectivity index (χ0v) is 18.7. The van der Waals surface area contributed by atoms with E-state index in [0.717, 1.165) is 70.1 Å². The van der Waals surface area contributed by atoms with Gasteiger partial charge >= 0.3 is 0 Å². The molecule has 3 heterocycles. The molecule has 3 fully saturated rings. The number of likely N-dealkylation sites (tertiary alicyclic amines) is 1. The van der Waals surface area contributed by atoms with Crippen LogP contribution in [0.25, 0.3) is 5.69 Å². The molecule has 2 saturated heterocycles. The Balaban J connectivity index is 1.21. The summed E-state index contributed by atoms with van der Waals surface area (Å²) >= 11 is 0. The second-order valence-electron chi connectivity index (χ2n) is 9.62. The molecule has 168 valence electrons. The van der Waals surface area contributed by atoms with E-state index in [0.29, 0.717) is 17.9 Å². The summed E-state index contributed by atoms with van der Waals surface area (Å²) in [5, 5.41) is 15.5. The SMILES string of the molecule is COc1ccccc1-n1cc(CN2C[C@H]3C[C@@H](N4CCN(C)CC4)[C@H](O)C[C@H]3C2)cn1. The highest BCUT2D eigenvalue weighted by molar-refractivity contribution is 5.46. The van der Waals surface area contributed by atoms with E-state index < -0.39 is 0 Å². The number of likely N-dealkylation sites (N-methyl/N-ethyl adjacent to an activating group) is 1. The van der Waals surface area contributed by atoms with Crippen LogP contribution in [-0.4, -0.2) is 95.2 Å². The first-order valence-electron chi connectivity index (χ1n) is 11.6. The Kier molecular flexibility index (Phi) is 6.01. The van der Waals surface area contributed by atoms with E-state index in [4.69, 9.17) is 4.74 Å². The molecule has 1 aliphatic carbocycles. The topological polar surface area (TPSA) is 57.0 Å². The molecule has 1 aromatic carbocycles. The number of aliphatic hydroxyl groups excluding tert-OH is 1. The molecule has 2 aliphatic heterocycles. The predicted octanol–water partition coefficient (Wildman–Crippen LogP) is 1.70. The van der Waals surface area contributed by atoms with Crippen molar-refractivity contribution in [2.75, 3.05) is 53.4 Å². The fourth-order valence-corrected chi connectivity index (χ4v) is 5.83. The molecule has 1 N–H and O–H groups in total. The number of nitrogens with zero attached hydrogens (tertiary/aromatic N) is 5. The molecule has 7 nitrogen and oxygen atoms in total. The van der Waals surface area contributed by atoms with Crippen molar-refractivity contribution in [3.63, 3.8) is 0 Å². The number of methoxy groups -OCH3 is 1. The summed E-state index contributed by atoms with van der Waals surface area (Å²) in [6, 6.07) is 8.31. The summed E-state index contributed by atoms with van der Waals surface area (Å²) in [4.78, 5) is 7.48. The molecule has 0 bridgehead atoms. The average Bonchev–Trinajstić information content (AvgIpc) is 3.40. The number of ether oxygens (including phenoxy) is 1. The highest BCUT2D eigenvalue weighted by Gasteiger charge is 2.43. The van der Waals surface area contributed by atoms with Crippen molar-refractivity contribution >= 4 is 0 Å². The maximum atomic E-state index is 10.9. The lowest BCUT2D eigenvalue weighted by atomic mass is 9.77. The highest BCUT2D eigenvalue weighted by Crippen LogP contribution is 2.39. The van der Waals surface area contributed by atoms with Crippen molar-refractivity contribution < 1.29 is 9.84 Å². The molecule has 3 aliphatic rings. The van der Waals surface area contributed by atoms with Gasteiger partial charge in [0.2, 0.25) is 0 Å². The van der Waals surface area contributed by atoms with E-state index in [-0.39, 0.29) is 6.10 Å². The number of hydrogen-bond donors (Lipinski definition) is 1. The van der Waals surface area contributed by atoms with Gasteiger partial charge in [0, 0.05) is 63.6 Å². The molecule has 1 aromatic heterocycles. The van der Waals surface area contributed by atoms with Crippen molar-refractivity contribution in [3.05, 3.63) is 42.2 Å². The second kappa shape index (κ2) is 8.90. The van der Waals surface area contributed by atoms with Gasteiger partial charge < -0.3 is 14.7 Å². The van der Waals surface area contributed by atoms with Crippen molar-refractivity contribution in [2.45, 2.75) is 31.5 Å². The molecule has 2 aromatic rings. The average molecular weight is 426 g/mol. The van der Waals surface area contributed by atoms with Crippen LogP contribution in [0.4, 0.5) is 0 Å². The third-order valence-electron chi connectivity index (χ3n) is 7.57. The van der Waals surface area contributed by atoms with Crippen LogP contribution < -0.4 is 4.74 Å². The monoisotopic (exact) mass is 425 g/mol.